The molecule has 0 N–H and O–H groups in total. The average molecular weight is 347 g/mol. The van der Waals surface area contributed by atoms with Gasteiger partial charge in [-0.2, -0.15) is 0 Å². The Morgan fingerprint density at radius 3 is 2.08 bits per heavy atom. The molecule has 1 heterocycles. The summed E-state index contributed by atoms with van der Waals surface area (Å²) < 4.78 is 17.6. The minimum absolute atomic E-state index is 0.376. The van der Waals surface area contributed by atoms with E-state index in [0.717, 1.165) is 16.7 Å². The van der Waals surface area contributed by atoms with E-state index in [1.807, 2.05) is 73.6 Å². The Balaban J connectivity index is 2.20. The molecule has 138 valence electrons. The van der Waals surface area contributed by atoms with Crippen LogP contribution in [0.3, 0.4) is 0 Å². The highest BCUT2D eigenvalue weighted by molar-refractivity contribution is 6.62. The maximum atomic E-state index is 12.3. The van der Waals surface area contributed by atoms with Gasteiger partial charge in [0.2, 0.25) is 0 Å². The zero-order chi connectivity index (χ0) is 19.2. The summed E-state index contributed by atoms with van der Waals surface area (Å²) >= 11 is 0. The Bertz CT molecular complexity index is 648. The zero-order valence-corrected chi connectivity index (χ0v) is 16.9. The molecular formula is C19H30BNO4. The van der Waals surface area contributed by atoms with Gasteiger partial charge in [-0.1, -0.05) is 12.1 Å². The summed E-state index contributed by atoms with van der Waals surface area (Å²) in [6.07, 6.45) is -0.376. The lowest BCUT2D eigenvalue weighted by atomic mass is 9.78. The monoisotopic (exact) mass is 347 g/mol. The number of hydrogen-bond donors (Lipinski definition) is 0. The number of aryl methyl sites for hydroxylation is 1. The quantitative estimate of drug-likeness (QED) is 0.766. The highest BCUT2D eigenvalue weighted by atomic mass is 16.7. The maximum absolute atomic E-state index is 12.3. The fourth-order valence-electron chi connectivity index (χ4n) is 2.61. The fraction of sp³-hybridized carbons (Fsp3) is 0.632. The molecule has 0 radical (unpaired) electrons. The van der Waals surface area contributed by atoms with Gasteiger partial charge in [0.15, 0.2) is 0 Å². The summed E-state index contributed by atoms with van der Waals surface area (Å²) in [5, 5.41) is 0. The molecule has 1 aromatic carbocycles. The molecule has 6 heteroatoms. The molecule has 1 saturated heterocycles. The molecule has 0 unspecified atom stereocenters. The van der Waals surface area contributed by atoms with Gasteiger partial charge in [0.25, 0.3) is 0 Å². The van der Waals surface area contributed by atoms with Crippen molar-refractivity contribution in [3.8, 4) is 0 Å². The average Bonchev–Trinajstić information content (AvgIpc) is 2.64. The lowest BCUT2D eigenvalue weighted by Crippen LogP contribution is -2.41. The highest BCUT2D eigenvalue weighted by Crippen LogP contribution is 2.36. The predicted octanol–water partition coefficient (Wildman–Crippen LogP) is 3.67. The van der Waals surface area contributed by atoms with Crippen LogP contribution in [-0.4, -0.2) is 37.1 Å². The standard InChI is InChI=1S/C19H30BNO4/c1-13-12-14(20-24-18(5,6)19(7,8)25-20)10-11-15(13)21(9)16(22)23-17(2,3)4/h10-12H,1-9H3. The van der Waals surface area contributed by atoms with Crippen LogP contribution in [0.15, 0.2) is 18.2 Å². The molecular weight excluding hydrogens is 317 g/mol. The molecule has 0 aromatic heterocycles. The first-order valence-corrected chi connectivity index (χ1v) is 8.66. The lowest BCUT2D eigenvalue weighted by Gasteiger charge is -2.32. The largest absolute Gasteiger partial charge is 0.494 e. The van der Waals surface area contributed by atoms with Crippen LogP contribution >= 0.6 is 0 Å². The van der Waals surface area contributed by atoms with Crippen LogP contribution in [0.25, 0.3) is 0 Å². The van der Waals surface area contributed by atoms with Crippen LogP contribution in [0.5, 0.6) is 0 Å². The van der Waals surface area contributed by atoms with E-state index in [4.69, 9.17) is 14.0 Å². The second kappa shape index (κ2) is 6.33. The van der Waals surface area contributed by atoms with Gasteiger partial charge in [-0.3, -0.25) is 4.90 Å². The molecule has 5 nitrogen and oxygen atoms in total. The number of ether oxygens (including phenoxy) is 1. The molecule has 1 amide bonds. The van der Waals surface area contributed by atoms with Crippen molar-refractivity contribution in [3.63, 3.8) is 0 Å². The van der Waals surface area contributed by atoms with E-state index >= 15 is 0 Å². The predicted molar refractivity (Wildman–Crippen MR) is 102 cm³/mol. The van der Waals surface area contributed by atoms with Crippen LogP contribution in [-0.2, 0) is 14.0 Å². The van der Waals surface area contributed by atoms with Gasteiger partial charge in [-0.05, 0) is 72.5 Å². The molecule has 1 aliphatic heterocycles. The van der Waals surface area contributed by atoms with Crippen LogP contribution in [0.4, 0.5) is 10.5 Å². The number of carbonyl (C=O) groups excluding carboxylic acids is 1. The van der Waals surface area contributed by atoms with Gasteiger partial charge in [-0.15, -0.1) is 0 Å². The van der Waals surface area contributed by atoms with Crippen molar-refractivity contribution >= 4 is 24.4 Å². The smallest absolute Gasteiger partial charge is 0.443 e. The van der Waals surface area contributed by atoms with Crippen molar-refractivity contribution < 1.29 is 18.8 Å². The molecule has 0 aliphatic carbocycles. The molecule has 1 fully saturated rings. The third-order valence-corrected chi connectivity index (χ3v) is 4.77. The molecule has 2 rings (SSSR count). The summed E-state index contributed by atoms with van der Waals surface area (Å²) in [4.78, 5) is 13.8. The van der Waals surface area contributed by atoms with E-state index in [0.29, 0.717) is 0 Å². The van der Waals surface area contributed by atoms with Crippen LogP contribution in [0, 0.1) is 6.92 Å². The van der Waals surface area contributed by atoms with Crippen molar-refractivity contribution in [2.45, 2.75) is 72.2 Å². The van der Waals surface area contributed by atoms with Crippen molar-refractivity contribution in [1.82, 2.24) is 0 Å². The van der Waals surface area contributed by atoms with E-state index in [9.17, 15) is 4.79 Å². The van der Waals surface area contributed by atoms with Gasteiger partial charge in [0.1, 0.15) is 5.60 Å². The van der Waals surface area contributed by atoms with E-state index in [1.165, 1.54) is 4.90 Å². The minimum Gasteiger partial charge on any atom is -0.443 e. The molecule has 0 bridgehead atoms. The van der Waals surface area contributed by atoms with E-state index in [-0.39, 0.29) is 17.3 Å². The third kappa shape index (κ3) is 4.18. The summed E-state index contributed by atoms with van der Waals surface area (Å²) in [5.74, 6) is 0. The number of amides is 1. The topological polar surface area (TPSA) is 48.0 Å². The Labute approximate surface area is 151 Å². The lowest BCUT2D eigenvalue weighted by molar-refractivity contribution is 0.00578. The summed E-state index contributed by atoms with van der Waals surface area (Å²) in [5.41, 5.74) is 1.42. The van der Waals surface area contributed by atoms with Crippen molar-refractivity contribution in [2.24, 2.45) is 0 Å². The second-order valence-electron chi connectivity index (χ2n) is 8.67. The summed E-state index contributed by atoms with van der Waals surface area (Å²) in [6.45, 7) is 15.7. The number of carbonyl (C=O) groups is 1. The van der Waals surface area contributed by atoms with Crippen LogP contribution in [0.1, 0.15) is 54.0 Å². The SMILES string of the molecule is Cc1cc(B2OC(C)(C)C(C)(C)O2)ccc1N(C)C(=O)OC(C)(C)C. The molecule has 1 aliphatic rings. The maximum Gasteiger partial charge on any atom is 0.494 e. The molecule has 1 aromatic rings. The minimum atomic E-state index is -0.526. The van der Waals surface area contributed by atoms with Gasteiger partial charge < -0.3 is 14.0 Å². The Hall–Kier alpha value is -1.53. The summed E-state index contributed by atoms with van der Waals surface area (Å²) in [6, 6.07) is 5.84. The Kier molecular flexibility index (Phi) is 5.01. The molecule has 0 spiro atoms. The number of hydrogen-bond acceptors (Lipinski definition) is 4. The number of anilines is 1. The molecule has 0 atom stereocenters. The first-order valence-electron chi connectivity index (χ1n) is 8.66. The number of nitrogens with zero attached hydrogens (tertiary/aromatic N) is 1. The first-order chi connectivity index (χ1) is 11.2. The van der Waals surface area contributed by atoms with Gasteiger partial charge in [0.05, 0.1) is 11.2 Å². The zero-order valence-electron chi connectivity index (χ0n) is 16.9. The van der Waals surface area contributed by atoms with Gasteiger partial charge >= 0.3 is 13.2 Å². The van der Waals surface area contributed by atoms with Gasteiger partial charge in [-0.25, -0.2) is 4.79 Å². The second-order valence-corrected chi connectivity index (χ2v) is 8.67. The van der Waals surface area contributed by atoms with E-state index < -0.39 is 12.7 Å². The Morgan fingerprint density at radius 1 is 1.12 bits per heavy atom. The van der Waals surface area contributed by atoms with E-state index in [2.05, 4.69) is 0 Å². The normalized spacial score (nSPS) is 19.0. The number of rotatable bonds is 2. The fourth-order valence-corrected chi connectivity index (χ4v) is 2.61. The summed E-state index contributed by atoms with van der Waals surface area (Å²) in [7, 11) is 1.30. The molecule has 25 heavy (non-hydrogen) atoms. The van der Waals surface area contributed by atoms with Crippen molar-refractivity contribution in [1.29, 1.82) is 0 Å². The van der Waals surface area contributed by atoms with Gasteiger partial charge in [0, 0.05) is 12.7 Å². The highest BCUT2D eigenvalue weighted by Gasteiger charge is 2.51. The molecule has 0 saturated carbocycles. The van der Waals surface area contributed by atoms with Crippen LogP contribution in [0.2, 0.25) is 0 Å². The number of benzene rings is 1. The van der Waals surface area contributed by atoms with Crippen molar-refractivity contribution in [3.05, 3.63) is 23.8 Å². The third-order valence-electron chi connectivity index (χ3n) is 4.77. The van der Waals surface area contributed by atoms with E-state index in [1.54, 1.807) is 7.05 Å². The first kappa shape index (κ1) is 19.8. The van der Waals surface area contributed by atoms with Crippen LogP contribution < -0.4 is 10.4 Å². The Morgan fingerprint density at radius 2 is 1.64 bits per heavy atom. The van der Waals surface area contributed by atoms with Crippen molar-refractivity contribution in [2.75, 3.05) is 11.9 Å².